The molecule has 0 aliphatic carbocycles. The SMILES string of the molecule is Cc1cc(S[C@@H]2CCN(C3CCOCC3)C2=O)nc2ccccc12. The van der Waals surface area contributed by atoms with Crippen molar-refractivity contribution in [1.82, 2.24) is 9.88 Å². The third kappa shape index (κ3) is 3.03. The summed E-state index contributed by atoms with van der Waals surface area (Å²) in [5, 5.41) is 2.14. The Balaban J connectivity index is 1.50. The van der Waals surface area contributed by atoms with Crippen molar-refractivity contribution in [3.63, 3.8) is 0 Å². The Hall–Kier alpha value is -1.59. The van der Waals surface area contributed by atoms with Crippen molar-refractivity contribution in [3.05, 3.63) is 35.9 Å². The van der Waals surface area contributed by atoms with Crippen LogP contribution in [0.25, 0.3) is 10.9 Å². The molecule has 126 valence electrons. The first-order chi connectivity index (χ1) is 11.7. The lowest BCUT2D eigenvalue weighted by Crippen LogP contribution is -2.41. The zero-order valence-electron chi connectivity index (χ0n) is 13.9. The molecule has 3 heterocycles. The Morgan fingerprint density at radius 2 is 2.00 bits per heavy atom. The maximum Gasteiger partial charge on any atom is 0.236 e. The number of amides is 1. The highest BCUT2D eigenvalue weighted by molar-refractivity contribution is 8.00. The first-order valence-corrected chi connectivity index (χ1v) is 9.51. The Kier molecular flexibility index (Phi) is 4.46. The number of aromatic nitrogens is 1. The standard InChI is InChI=1S/C19H22N2O2S/c1-13-12-18(20-16-5-3-2-4-15(13)16)24-17-6-9-21(19(17)22)14-7-10-23-11-8-14/h2-5,12,14,17H,6-11H2,1H3/t17-/m1/s1. The minimum Gasteiger partial charge on any atom is -0.381 e. The largest absolute Gasteiger partial charge is 0.381 e. The fraction of sp³-hybridized carbons (Fsp3) is 0.474. The first-order valence-electron chi connectivity index (χ1n) is 8.63. The van der Waals surface area contributed by atoms with Gasteiger partial charge >= 0.3 is 0 Å². The van der Waals surface area contributed by atoms with Crippen molar-refractivity contribution in [2.24, 2.45) is 0 Å². The third-order valence-electron chi connectivity index (χ3n) is 4.98. The number of benzene rings is 1. The second-order valence-electron chi connectivity index (χ2n) is 6.56. The minimum atomic E-state index is 0.000840. The van der Waals surface area contributed by atoms with Gasteiger partial charge in [0.25, 0.3) is 0 Å². The van der Waals surface area contributed by atoms with Crippen LogP contribution in [0.4, 0.5) is 0 Å². The number of rotatable bonds is 3. The van der Waals surface area contributed by atoms with Crippen LogP contribution < -0.4 is 0 Å². The van der Waals surface area contributed by atoms with E-state index in [9.17, 15) is 4.79 Å². The van der Waals surface area contributed by atoms with E-state index < -0.39 is 0 Å². The zero-order chi connectivity index (χ0) is 16.5. The molecule has 0 radical (unpaired) electrons. The molecule has 2 aromatic rings. The third-order valence-corrected chi connectivity index (χ3v) is 6.16. The summed E-state index contributed by atoms with van der Waals surface area (Å²) in [6.45, 7) is 4.53. The summed E-state index contributed by atoms with van der Waals surface area (Å²) in [6, 6.07) is 10.7. The number of hydrogen-bond donors (Lipinski definition) is 0. The van der Waals surface area contributed by atoms with Gasteiger partial charge in [0.05, 0.1) is 15.8 Å². The molecule has 0 spiro atoms. The molecular weight excluding hydrogens is 320 g/mol. The molecule has 1 aromatic carbocycles. The molecule has 0 bridgehead atoms. The van der Waals surface area contributed by atoms with Gasteiger partial charge in [-0.3, -0.25) is 4.79 Å². The van der Waals surface area contributed by atoms with Gasteiger partial charge in [-0.25, -0.2) is 4.98 Å². The summed E-state index contributed by atoms with van der Waals surface area (Å²) in [7, 11) is 0. The molecule has 2 saturated heterocycles. The van der Waals surface area contributed by atoms with Crippen molar-refractivity contribution >= 4 is 28.6 Å². The number of hydrogen-bond acceptors (Lipinski definition) is 4. The Bertz CT molecular complexity index is 758. The molecule has 24 heavy (non-hydrogen) atoms. The van der Waals surface area contributed by atoms with E-state index in [1.165, 1.54) is 10.9 Å². The lowest BCUT2D eigenvalue weighted by atomic mass is 10.1. The van der Waals surface area contributed by atoms with Crippen LogP contribution >= 0.6 is 11.8 Å². The van der Waals surface area contributed by atoms with E-state index in [0.29, 0.717) is 6.04 Å². The maximum atomic E-state index is 12.8. The van der Waals surface area contributed by atoms with Crippen LogP contribution in [0.5, 0.6) is 0 Å². The number of aryl methyl sites for hydroxylation is 1. The molecule has 1 aromatic heterocycles. The lowest BCUT2D eigenvalue weighted by Gasteiger charge is -2.31. The van der Waals surface area contributed by atoms with Gasteiger partial charge in [0, 0.05) is 31.2 Å². The average molecular weight is 342 g/mol. The van der Waals surface area contributed by atoms with E-state index in [0.717, 1.165) is 49.6 Å². The molecule has 1 atom stereocenters. The average Bonchev–Trinajstić information content (AvgIpc) is 2.96. The molecule has 2 aliphatic heterocycles. The molecule has 0 saturated carbocycles. The number of likely N-dealkylation sites (tertiary alicyclic amines) is 1. The van der Waals surface area contributed by atoms with Crippen LogP contribution in [0.15, 0.2) is 35.4 Å². The summed E-state index contributed by atoms with van der Waals surface area (Å²) < 4.78 is 5.42. The highest BCUT2D eigenvalue weighted by Crippen LogP contribution is 2.33. The number of thioether (sulfide) groups is 1. The minimum absolute atomic E-state index is 0.000840. The zero-order valence-corrected chi connectivity index (χ0v) is 14.7. The second-order valence-corrected chi connectivity index (χ2v) is 7.79. The molecule has 5 heteroatoms. The van der Waals surface area contributed by atoms with Crippen LogP contribution in [0.1, 0.15) is 24.8 Å². The summed E-state index contributed by atoms with van der Waals surface area (Å²) in [5.74, 6) is 0.277. The monoisotopic (exact) mass is 342 g/mol. The molecule has 2 fully saturated rings. The smallest absolute Gasteiger partial charge is 0.236 e. The van der Waals surface area contributed by atoms with Gasteiger partial charge in [-0.2, -0.15) is 0 Å². The Labute approximate surface area is 146 Å². The van der Waals surface area contributed by atoms with E-state index >= 15 is 0 Å². The number of carbonyl (C=O) groups excluding carboxylic acids is 1. The van der Waals surface area contributed by atoms with Crippen LogP contribution in [0.3, 0.4) is 0 Å². The molecule has 1 amide bonds. The van der Waals surface area contributed by atoms with Crippen molar-refractivity contribution in [1.29, 1.82) is 0 Å². The summed E-state index contributed by atoms with van der Waals surface area (Å²) >= 11 is 1.62. The van der Waals surface area contributed by atoms with Crippen molar-refractivity contribution < 1.29 is 9.53 Å². The highest BCUT2D eigenvalue weighted by atomic mass is 32.2. The van der Waals surface area contributed by atoms with Gasteiger partial charge in [-0.1, -0.05) is 30.0 Å². The predicted octanol–water partition coefficient (Wildman–Crippen LogP) is 3.42. The highest BCUT2D eigenvalue weighted by Gasteiger charge is 2.37. The van der Waals surface area contributed by atoms with Crippen LogP contribution in [-0.4, -0.2) is 46.8 Å². The number of nitrogens with zero attached hydrogens (tertiary/aromatic N) is 2. The molecule has 4 nitrogen and oxygen atoms in total. The topological polar surface area (TPSA) is 42.4 Å². The Morgan fingerprint density at radius 3 is 2.83 bits per heavy atom. The molecule has 2 aliphatic rings. The summed E-state index contributed by atoms with van der Waals surface area (Å²) in [6.07, 6.45) is 2.85. The van der Waals surface area contributed by atoms with E-state index in [2.05, 4.69) is 24.0 Å². The van der Waals surface area contributed by atoms with Gasteiger partial charge in [0.15, 0.2) is 0 Å². The van der Waals surface area contributed by atoms with Gasteiger partial charge in [-0.15, -0.1) is 0 Å². The number of fused-ring (bicyclic) bond motifs is 1. The van der Waals surface area contributed by atoms with Crippen LogP contribution in [-0.2, 0) is 9.53 Å². The van der Waals surface area contributed by atoms with E-state index in [1.54, 1.807) is 11.8 Å². The van der Waals surface area contributed by atoms with Gasteiger partial charge in [-0.05, 0) is 43.9 Å². The number of pyridine rings is 1. The van der Waals surface area contributed by atoms with Gasteiger partial charge in [0.1, 0.15) is 0 Å². The van der Waals surface area contributed by atoms with Crippen molar-refractivity contribution in [2.75, 3.05) is 19.8 Å². The summed E-state index contributed by atoms with van der Waals surface area (Å²) in [5.41, 5.74) is 2.22. The van der Waals surface area contributed by atoms with E-state index in [-0.39, 0.29) is 11.2 Å². The maximum absolute atomic E-state index is 12.8. The van der Waals surface area contributed by atoms with Crippen LogP contribution in [0, 0.1) is 6.92 Å². The van der Waals surface area contributed by atoms with Gasteiger partial charge in [0.2, 0.25) is 5.91 Å². The molecule has 0 unspecified atom stereocenters. The molecule has 0 N–H and O–H groups in total. The number of ether oxygens (including phenoxy) is 1. The molecular formula is C19H22N2O2S. The van der Waals surface area contributed by atoms with E-state index in [4.69, 9.17) is 9.72 Å². The van der Waals surface area contributed by atoms with E-state index in [1.807, 2.05) is 18.2 Å². The summed E-state index contributed by atoms with van der Waals surface area (Å²) in [4.78, 5) is 19.6. The van der Waals surface area contributed by atoms with Gasteiger partial charge < -0.3 is 9.64 Å². The van der Waals surface area contributed by atoms with Crippen molar-refractivity contribution in [2.45, 2.75) is 42.5 Å². The first kappa shape index (κ1) is 15.9. The predicted molar refractivity (Wildman–Crippen MR) is 96.3 cm³/mol. The normalized spacial score (nSPS) is 22.5. The second kappa shape index (κ2) is 6.73. The van der Waals surface area contributed by atoms with Crippen LogP contribution in [0.2, 0.25) is 0 Å². The fourth-order valence-electron chi connectivity index (χ4n) is 3.67. The number of para-hydroxylation sites is 1. The van der Waals surface area contributed by atoms with Crippen molar-refractivity contribution in [3.8, 4) is 0 Å². The lowest BCUT2D eigenvalue weighted by molar-refractivity contribution is -0.130. The molecule has 4 rings (SSSR count). The number of carbonyl (C=O) groups is 1. The quantitative estimate of drug-likeness (QED) is 0.857. The Morgan fingerprint density at radius 1 is 1.21 bits per heavy atom. The fourth-order valence-corrected chi connectivity index (χ4v) is 4.82.